The normalized spacial score (nSPS) is 17.9. The van der Waals surface area contributed by atoms with Crippen molar-refractivity contribution in [3.05, 3.63) is 36.0 Å². The van der Waals surface area contributed by atoms with Crippen LogP contribution < -0.4 is 16.6 Å². The second kappa shape index (κ2) is 6.32. The number of amides is 1. The first-order chi connectivity index (χ1) is 10.3. The summed E-state index contributed by atoms with van der Waals surface area (Å²) in [7, 11) is 0. The van der Waals surface area contributed by atoms with Gasteiger partial charge in [-0.05, 0) is 30.7 Å². The second-order valence-corrected chi connectivity index (χ2v) is 6.47. The Morgan fingerprint density at radius 1 is 1.43 bits per heavy atom. The molecule has 0 radical (unpaired) electrons. The fourth-order valence-electron chi connectivity index (χ4n) is 2.51. The number of carbonyl (C=O) groups excluding carboxylic acids is 1. The van der Waals surface area contributed by atoms with Crippen molar-refractivity contribution in [1.29, 1.82) is 0 Å². The molecule has 1 fully saturated rings. The lowest BCUT2D eigenvalue weighted by Gasteiger charge is -2.11. The van der Waals surface area contributed by atoms with Crippen LogP contribution in [0.1, 0.15) is 23.3 Å². The van der Waals surface area contributed by atoms with E-state index < -0.39 is 0 Å². The van der Waals surface area contributed by atoms with Crippen molar-refractivity contribution in [2.45, 2.75) is 18.1 Å². The third-order valence-electron chi connectivity index (χ3n) is 3.62. The Balaban J connectivity index is 1.80. The zero-order valence-corrected chi connectivity index (χ0v) is 12.5. The van der Waals surface area contributed by atoms with Gasteiger partial charge in [-0.2, -0.15) is 11.8 Å². The minimum atomic E-state index is -0.148. The summed E-state index contributed by atoms with van der Waals surface area (Å²) in [5.41, 5.74) is 4.50. The minimum absolute atomic E-state index is 0.148. The zero-order valence-electron chi connectivity index (χ0n) is 11.6. The number of fused-ring (bicyclic) bond motifs is 1. The van der Waals surface area contributed by atoms with Crippen LogP contribution in [0.25, 0.3) is 10.9 Å². The first kappa shape index (κ1) is 14.2. The van der Waals surface area contributed by atoms with Gasteiger partial charge < -0.3 is 10.7 Å². The lowest BCUT2D eigenvalue weighted by molar-refractivity contribution is 0.0949. The molecule has 110 valence electrons. The Bertz CT molecular complexity index is 655. The maximum atomic E-state index is 12.3. The Labute approximate surface area is 127 Å². The summed E-state index contributed by atoms with van der Waals surface area (Å²) in [5, 5.41) is 4.40. The molecule has 2 heterocycles. The molecule has 1 aliphatic heterocycles. The highest BCUT2D eigenvalue weighted by Gasteiger charge is 2.17. The van der Waals surface area contributed by atoms with Crippen molar-refractivity contribution >= 4 is 34.3 Å². The predicted molar refractivity (Wildman–Crippen MR) is 87.4 cm³/mol. The smallest absolute Gasteiger partial charge is 0.270 e. The fourth-order valence-corrected chi connectivity index (χ4v) is 3.71. The highest BCUT2D eigenvalue weighted by Crippen LogP contribution is 2.25. The van der Waals surface area contributed by atoms with E-state index in [4.69, 9.17) is 5.84 Å². The quantitative estimate of drug-likeness (QED) is 0.595. The first-order valence-electron chi connectivity index (χ1n) is 7.04. The van der Waals surface area contributed by atoms with Gasteiger partial charge in [0.25, 0.3) is 5.91 Å². The first-order valence-corrected chi connectivity index (χ1v) is 8.09. The molecule has 2 aromatic rings. The molecular formula is C15H18N4OS. The largest absolute Gasteiger partial charge is 0.350 e. The minimum Gasteiger partial charge on any atom is -0.350 e. The third kappa shape index (κ3) is 3.11. The van der Waals surface area contributed by atoms with E-state index in [9.17, 15) is 4.79 Å². The van der Waals surface area contributed by atoms with Crippen molar-refractivity contribution in [2.75, 3.05) is 17.7 Å². The van der Waals surface area contributed by atoms with Crippen LogP contribution in [-0.4, -0.2) is 28.4 Å². The van der Waals surface area contributed by atoms with Gasteiger partial charge in [-0.25, -0.2) is 4.98 Å². The number of para-hydroxylation sites is 1. The molecule has 21 heavy (non-hydrogen) atoms. The lowest BCUT2D eigenvalue weighted by Crippen LogP contribution is -2.30. The predicted octanol–water partition coefficient (Wildman–Crippen LogP) is 2.15. The number of rotatable bonds is 4. The van der Waals surface area contributed by atoms with Crippen LogP contribution in [0.3, 0.4) is 0 Å². The van der Waals surface area contributed by atoms with Crippen LogP contribution in [0.2, 0.25) is 0 Å². The van der Waals surface area contributed by atoms with Gasteiger partial charge in [0.2, 0.25) is 0 Å². The zero-order chi connectivity index (χ0) is 14.7. The molecule has 1 saturated heterocycles. The molecule has 6 heteroatoms. The van der Waals surface area contributed by atoms with Crippen LogP contribution in [0.5, 0.6) is 0 Å². The standard InChI is InChI=1S/C15H18N4OS/c16-19-13-8-14(18-12-6-2-1-5-11(12)13)15(20)17-9-10-4-3-7-21-10/h1-2,5-6,8,10H,3-4,7,9,16H2,(H,17,20)(H,18,19). The monoisotopic (exact) mass is 302 g/mol. The summed E-state index contributed by atoms with van der Waals surface area (Å²) in [6.45, 7) is 0.698. The Morgan fingerprint density at radius 2 is 2.29 bits per heavy atom. The van der Waals surface area contributed by atoms with Gasteiger partial charge in [0.1, 0.15) is 5.69 Å². The van der Waals surface area contributed by atoms with Crippen molar-refractivity contribution in [1.82, 2.24) is 10.3 Å². The van der Waals surface area contributed by atoms with E-state index in [1.807, 2.05) is 36.0 Å². The molecule has 1 aromatic carbocycles. The van der Waals surface area contributed by atoms with Gasteiger partial charge in [-0.15, -0.1) is 0 Å². The van der Waals surface area contributed by atoms with Crippen LogP contribution in [-0.2, 0) is 0 Å². The van der Waals surface area contributed by atoms with E-state index in [1.165, 1.54) is 18.6 Å². The maximum Gasteiger partial charge on any atom is 0.270 e. The van der Waals surface area contributed by atoms with Gasteiger partial charge in [0.05, 0.1) is 11.2 Å². The van der Waals surface area contributed by atoms with E-state index >= 15 is 0 Å². The SMILES string of the molecule is NNc1cc(C(=O)NCC2CCCS2)nc2ccccc12. The molecule has 4 N–H and O–H groups in total. The molecular weight excluding hydrogens is 284 g/mol. The Kier molecular flexibility index (Phi) is 4.26. The Hall–Kier alpha value is -1.79. The molecule has 1 atom stereocenters. The fraction of sp³-hybridized carbons (Fsp3) is 0.333. The molecule has 3 rings (SSSR count). The van der Waals surface area contributed by atoms with Gasteiger partial charge in [0.15, 0.2) is 0 Å². The number of nitrogens with two attached hydrogens (primary N) is 1. The van der Waals surface area contributed by atoms with E-state index in [-0.39, 0.29) is 5.91 Å². The van der Waals surface area contributed by atoms with Gasteiger partial charge in [0, 0.05) is 17.2 Å². The topological polar surface area (TPSA) is 80.0 Å². The number of thioether (sulfide) groups is 1. The third-order valence-corrected chi connectivity index (χ3v) is 5.02. The lowest BCUT2D eigenvalue weighted by atomic mass is 10.1. The molecule has 1 amide bonds. The summed E-state index contributed by atoms with van der Waals surface area (Å²) < 4.78 is 0. The Morgan fingerprint density at radius 3 is 3.05 bits per heavy atom. The number of nitrogens with one attached hydrogen (secondary N) is 2. The summed E-state index contributed by atoms with van der Waals surface area (Å²) in [5.74, 6) is 6.59. The van der Waals surface area contributed by atoms with Crippen molar-refractivity contribution < 1.29 is 4.79 Å². The highest BCUT2D eigenvalue weighted by molar-refractivity contribution is 8.00. The summed E-state index contributed by atoms with van der Waals surface area (Å²) in [6.07, 6.45) is 2.41. The van der Waals surface area contributed by atoms with Crippen molar-refractivity contribution in [3.63, 3.8) is 0 Å². The molecule has 0 aliphatic carbocycles. The van der Waals surface area contributed by atoms with Gasteiger partial charge in [-0.3, -0.25) is 10.6 Å². The molecule has 0 spiro atoms. The van der Waals surface area contributed by atoms with E-state index in [1.54, 1.807) is 6.07 Å². The number of benzene rings is 1. The number of hydrogen-bond acceptors (Lipinski definition) is 5. The molecule has 1 aliphatic rings. The average Bonchev–Trinajstić information content (AvgIpc) is 3.04. The molecule has 5 nitrogen and oxygen atoms in total. The maximum absolute atomic E-state index is 12.3. The molecule has 1 unspecified atom stereocenters. The van der Waals surface area contributed by atoms with E-state index in [0.29, 0.717) is 23.2 Å². The van der Waals surface area contributed by atoms with E-state index in [0.717, 1.165) is 10.9 Å². The van der Waals surface area contributed by atoms with Gasteiger partial charge in [-0.1, -0.05) is 18.2 Å². The molecule has 0 saturated carbocycles. The van der Waals surface area contributed by atoms with Gasteiger partial charge >= 0.3 is 0 Å². The highest BCUT2D eigenvalue weighted by atomic mass is 32.2. The molecule has 1 aromatic heterocycles. The van der Waals surface area contributed by atoms with Crippen LogP contribution >= 0.6 is 11.8 Å². The molecule has 0 bridgehead atoms. The van der Waals surface area contributed by atoms with Crippen molar-refractivity contribution in [3.8, 4) is 0 Å². The number of hydrogen-bond donors (Lipinski definition) is 3. The number of hydrazine groups is 1. The van der Waals surface area contributed by atoms with Crippen LogP contribution in [0.15, 0.2) is 30.3 Å². The number of pyridine rings is 1. The number of nitrogen functional groups attached to an aromatic ring is 1. The number of carbonyl (C=O) groups is 1. The van der Waals surface area contributed by atoms with Crippen LogP contribution in [0, 0.1) is 0 Å². The summed E-state index contributed by atoms with van der Waals surface area (Å²) in [4.78, 5) is 16.7. The van der Waals surface area contributed by atoms with E-state index in [2.05, 4.69) is 15.7 Å². The number of nitrogens with zero attached hydrogens (tertiary/aromatic N) is 1. The van der Waals surface area contributed by atoms with Crippen LogP contribution in [0.4, 0.5) is 5.69 Å². The van der Waals surface area contributed by atoms with Crippen molar-refractivity contribution in [2.24, 2.45) is 5.84 Å². The number of anilines is 1. The summed E-state index contributed by atoms with van der Waals surface area (Å²) >= 11 is 1.92. The average molecular weight is 302 g/mol. The second-order valence-electron chi connectivity index (χ2n) is 5.06. The number of aromatic nitrogens is 1. The summed E-state index contributed by atoms with van der Waals surface area (Å²) in [6, 6.07) is 9.31.